The number of anilines is 3. The zero-order valence-electron chi connectivity index (χ0n) is 17.3. The molecule has 0 unspecified atom stereocenters. The molecular weight excluding hydrogens is 408 g/mol. The van der Waals surface area contributed by atoms with Crippen molar-refractivity contribution in [3.05, 3.63) is 83.4 Å². The second kappa shape index (κ2) is 8.57. The highest BCUT2D eigenvalue weighted by Crippen LogP contribution is 2.34. The van der Waals surface area contributed by atoms with Crippen molar-refractivity contribution >= 4 is 49.9 Å². The largest absolute Gasteiger partial charge is 0.366 e. The molecule has 3 N–H and O–H groups in total. The second-order valence-corrected chi connectivity index (χ2v) is 8.40. The molecule has 0 aliphatic heterocycles. The van der Waals surface area contributed by atoms with Crippen molar-refractivity contribution in [3.8, 4) is 0 Å². The van der Waals surface area contributed by atoms with Gasteiger partial charge in [0, 0.05) is 16.9 Å². The number of thiazole rings is 1. The minimum Gasteiger partial charge on any atom is -0.366 e. The highest BCUT2D eigenvalue weighted by atomic mass is 32.1. The molecule has 0 aliphatic carbocycles. The number of amides is 2. The Balaban J connectivity index is 1.63. The van der Waals surface area contributed by atoms with Crippen molar-refractivity contribution in [1.82, 2.24) is 4.98 Å². The third-order valence-corrected chi connectivity index (χ3v) is 5.85. The average molecular weight is 431 g/mol. The summed E-state index contributed by atoms with van der Waals surface area (Å²) in [6, 6.07) is 20.6. The van der Waals surface area contributed by atoms with Gasteiger partial charge in [-0.2, -0.15) is 0 Å². The Labute approximate surface area is 184 Å². The van der Waals surface area contributed by atoms with E-state index in [9.17, 15) is 9.59 Å². The van der Waals surface area contributed by atoms with E-state index in [1.54, 1.807) is 35.6 Å². The molecule has 1 aromatic heterocycles. The zero-order valence-corrected chi connectivity index (χ0v) is 18.1. The topological polar surface area (TPSA) is 88.3 Å². The van der Waals surface area contributed by atoms with E-state index in [1.165, 1.54) is 0 Å². The summed E-state index contributed by atoms with van der Waals surface area (Å²) < 4.78 is 1.06. The molecule has 7 heteroatoms. The molecule has 0 atom stereocenters. The van der Waals surface area contributed by atoms with Crippen LogP contribution in [0.1, 0.15) is 21.5 Å². The van der Waals surface area contributed by atoms with E-state index in [0.29, 0.717) is 11.3 Å². The SMILES string of the molecule is Cc1cc(C)cc(N(CC(=O)Nc2ccc(C(N)=O)cc2)c2nc3ccccc3s2)c1. The molecule has 0 spiro atoms. The van der Waals surface area contributed by atoms with E-state index < -0.39 is 5.91 Å². The number of primary amides is 1. The normalized spacial score (nSPS) is 10.8. The van der Waals surface area contributed by atoms with Crippen LogP contribution in [0.15, 0.2) is 66.7 Å². The predicted octanol–water partition coefficient (Wildman–Crippen LogP) is 4.79. The number of fused-ring (bicyclic) bond motifs is 1. The number of para-hydroxylation sites is 1. The number of hydrogen-bond acceptors (Lipinski definition) is 5. The Morgan fingerprint density at radius 3 is 2.32 bits per heavy atom. The fourth-order valence-electron chi connectivity index (χ4n) is 3.41. The number of nitrogens with two attached hydrogens (primary N) is 1. The highest BCUT2D eigenvalue weighted by molar-refractivity contribution is 7.22. The van der Waals surface area contributed by atoms with Gasteiger partial charge in [-0.15, -0.1) is 0 Å². The summed E-state index contributed by atoms with van der Waals surface area (Å²) in [7, 11) is 0. The summed E-state index contributed by atoms with van der Waals surface area (Å²) in [5.41, 5.74) is 10.3. The molecule has 0 saturated heterocycles. The summed E-state index contributed by atoms with van der Waals surface area (Å²) in [6.45, 7) is 4.17. The van der Waals surface area contributed by atoms with Gasteiger partial charge in [0.15, 0.2) is 5.13 Å². The van der Waals surface area contributed by atoms with E-state index in [2.05, 4.69) is 11.4 Å². The molecule has 0 radical (unpaired) electrons. The molecule has 4 rings (SSSR count). The third kappa shape index (κ3) is 4.73. The van der Waals surface area contributed by atoms with Crippen molar-refractivity contribution in [1.29, 1.82) is 0 Å². The van der Waals surface area contributed by atoms with Crippen LogP contribution in [0.2, 0.25) is 0 Å². The predicted molar refractivity (Wildman–Crippen MR) is 126 cm³/mol. The molecule has 0 bridgehead atoms. The van der Waals surface area contributed by atoms with Gasteiger partial charge in [0.25, 0.3) is 0 Å². The number of rotatable bonds is 6. The number of nitrogens with zero attached hydrogens (tertiary/aromatic N) is 2. The lowest BCUT2D eigenvalue weighted by molar-refractivity contribution is -0.114. The number of nitrogens with one attached hydrogen (secondary N) is 1. The van der Waals surface area contributed by atoms with E-state index in [1.807, 2.05) is 55.1 Å². The number of aromatic nitrogens is 1. The third-order valence-electron chi connectivity index (χ3n) is 4.79. The number of aryl methyl sites for hydroxylation is 2. The Hall–Kier alpha value is -3.71. The first-order valence-electron chi connectivity index (χ1n) is 9.80. The molecule has 2 amide bonds. The molecular formula is C24H22N4O2S. The summed E-state index contributed by atoms with van der Waals surface area (Å²) in [5, 5.41) is 3.64. The smallest absolute Gasteiger partial charge is 0.248 e. The van der Waals surface area contributed by atoms with Crippen LogP contribution >= 0.6 is 11.3 Å². The van der Waals surface area contributed by atoms with Crippen LogP contribution in [0.25, 0.3) is 10.2 Å². The Bertz CT molecular complexity index is 1210. The number of carbonyl (C=O) groups excluding carboxylic acids is 2. The quantitative estimate of drug-likeness (QED) is 0.460. The van der Waals surface area contributed by atoms with Crippen molar-refractivity contribution in [2.75, 3.05) is 16.8 Å². The standard InChI is InChI=1S/C24H22N4O2S/c1-15-11-16(2)13-19(12-15)28(24-27-20-5-3-4-6-21(20)31-24)14-22(29)26-18-9-7-17(8-10-18)23(25)30/h3-13H,14H2,1-2H3,(H2,25,30)(H,26,29). The van der Waals surface area contributed by atoms with Gasteiger partial charge >= 0.3 is 0 Å². The van der Waals surface area contributed by atoms with Gasteiger partial charge in [-0.25, -0.2) is 4.98 Å². The zero-order chi connectivity index (χ0) is 22.0. The van der Waals surface area contributed by atoms with Crippen LogP contribution in [0.4, 0.5) is 16.5 Å². The van der Waals surface area contributed by atoms with Crippen LogP contribution < -0.4 is 16.0 Å². The van der Waals surface area contributed by atoms with Gasteiger partial charge in [0.2, 0.25) is 11.8 Å². The number of hydrogen-bond donors (Lipinski definition) is 2. The highest BCUT2D eigenvalue weighted by Gasteiger charge is 2.19. The number of benzene rings is 3. The monoisotopic (exact) mass is 430 g/mol. The maximum Gasteiger partial charge on any atom is 0.248 e. The summed E-state index contributed by atoms with van der Waals surface area (Å²) >= 11 is 1.55. The lowest BCUT2D eigenvalue weighted by Gasteiger charge is -2.22. The first-order chi connectivity index (χ1) is 14.9. The van der Waals surface area contributed by atoms with Gasteiger partial charge in [-0.3, -0.25) is 9.59 Å². The average Bonchev–Trinajstić information content (AvgIpc) is 3.15. The minimum atomic E-state index is -0.505. The Morgan fingerprint density at radius 1 is 1.00 bits per heavy atom. The fraction of sp³-hybridized carbons (Fsp3) is 0.125. The molecule has 31 heavy (non-hydrogen) atoms. The van der Waals surface area contributed by atoms with Crippen molar-refractivity contribution in [2.45, 2.75) is 13.8 Å². The van der Waals surface area contributed by atoms with Crippen molar-refractivity contribution < 1.29 is 9.59 Å². The minimum absolute atomic E-state index is 0.0975. The molecule has 4 aromatic rings. The Kier molecular flexibility index (Phi) is 5.68. The number of carbonyl (C=O) groups is 2. The summed E-state index contributed by atoms with van der Waals surface area (Å²) in [4.78, 5) is 30.8. The van der Waals surface area contributed by atoms with E-state index >= 15 is 0 Å². The first-order valence-corrected chi connectivity index (χ1v) is 10.6. The maximum absolute atomic E-state index is 12.9. The molecule has 0 saturated carbocycles. The van der Waals surface area contributed by atoms with Crippen LogP contribution in [-0.4, -0.2) is 23.3 Å². The molecule has 156 valence electrons. The van der Waals surface area contributed by atoms with Gasteiger partial charge in [0.1, 0.15) is 6.54 Å². The lowest BCUT2D eigenvalue weighted by Crippen LogP contribution is -2.29. The maximum atomic E-state index is 12.9. The van der Waals surface area contributed by atoms with Crippen LogP contribution in [0.3, 0.4) is 0 Å². The van der Waals surface area contributed by atoms with Crippen molar-refractivity contribution in [2.24, 2.45) is 5.73 Å². The molecule has 0 aliphatic rings. The fourth-order valence-corrected chi connectivity index (χ4v) is 4.40. The van der Waals surface area contributed by atoms with Gasteiger partial charge < -0.3 is 16.0 Å². The van der Waals surface area contributed by atoms with E-state index in [4.69, 9.17) is 10.7 Å². The van der Waals surface area contributed by atoms with E-state index in [-0.39, 0.29) is 12.5 Å². The van der Waals surface area contributed by atoms with Gasteiger partial charge in [0.05, 0.1) is 10.2 Å². The van der Waals surface area contributed by atoms with Crippen molar-refractivity contribution in [3.63, 3.8) is 0 Å². The molecule has 6 nitrogen and oxygen atoms in total. The first kappa shape index (κ1) is 20.6. The summed E-state index contributed by atoms with van der Waals surface area (Å²) in [6.07, 6.45) is 0. The van der Waals surface area contributed by atoms with Crippen LogP contribution in [0, 0.1) is 13.8 Å². The lowest BCUT2D eigenvalue weighted by atomic mass is 10.1. The second-order valence-electron chi connectivity index (χ2n) is 7.39. The van der Waals surface area contributed by atoms with E-state index in [0.717, 1.165) is 32.2 Å². The molecule has 1 heterocycles. The summed E-state index contributed by atoms with van der Waals surface area (Å²) in [5.74, 6) is -0.694. The van der Waals surface area contributed by atoms with Crippen LogP contribution in [0.5, 0.6) is 0 Å². The molecule has 3 aromatic carbocycles. The van der Waals surface area contributed by atoms with Gasteiger partial charge in [-0.1, -0.05) is 29.5 Å². The van der Waals surface area contributed by atoms with Crippen LogP contribution in [-0.2, 0) is 4.79 Å². The van der Waals surface area contributed by atoms with Gasteiger partial charge in [-0.05, 0) is 73.5 Å². The molecule has 0 fully saturated rings. The Morgan fingerprint density at radius 2 is 1.68 bits per heavy atom.